The average molecular weight is 525 g/mol. The molecule has 4 aromatic carbocycles. The SMILES string of the molecule is Cc1ccc2c(oc3c(-c4ccc(C5CCCCC5)cc4)cccc32)c1-c1c2ccc(C(C)C)cc2cc[n+]1C. The monoisotopic (exact) mass is 524 g/mol. The molecule has 6 aromatic rings. The first-order valence-electron chi connectivity index (χ1n) is 15.0. The minimum absolute atomic E-state index is 0.498. The molecule has 7 rings (SSSR count). The Morgan fingerprint density at radius 3 is 2.30 bits per heavy atom. The van der Waals surface area contributed by atoms with Crippen molar-refractivity contribution in [3.05, 3.63) is 102 Å². The average Bonchev–Trinajstić information content (AvgIpc) is 3.37. The first-order chi connectivity index (χ1) is 19.5. The van der Waals surface area contributed by atoms with Crippen molar-refractivity contribution in [3.63, 3.8) is 0 Å². The number of pyridine rings is 1. The predicted octanol–water partition coefficient (Wildman–Crippen LogP) is 10.4. The lowest BCUT2D eigenvalue weighted by Crippen LogP contribution is -2.30. The number of benzene rings is 4. The van der Waals surface area contributed by atoms with Gasteiger partial charge in [-0.25, -0.2) is 4.57 Å². The van der Waals surface area contributed by atoms with Gasteiger partial charge in [-0.3, -0.25) is 0 Å². The van der Waals surface area contributed by atoms with Gasteiger partial charge in [-0.15, -0.1) is 0 Å². The van der Waals surface area contributed by atoms with E-state index < -0.39 is 0 Å². The second-order valence-corrected chi connectivity index (χ2v) is 12.2. The molecule has 2 heteroatoms. The zero-order chi connectivity index (χ0) is 27.4. The molecule has 2 aromatic heterocycles. The molecule has 0 saturated heterocycles. The van der Waals surface area contributed by atoms with Crippen molar-refractivity contribution in [1.82, 2.24) is 0 Å². The quantitative estimate of drug-likeness (QED) is 0.210. The lowest BCUT2D eigenvalue weighted by atomic mass is 9.83. The highest BCUT2D eigenvalue weighted by atomic mass is 16.3. The van der Waals surface area contributed by atoms with E-state index in [0.29, 0.717) is 11.8 Å². The smallest absolute Gasteiger partial charge is 0.224 e. The molecule has 0 bridgehead atoms. The van der Waals surface area contributed by atoms with E-state index in [9.17, 15) is 0 Å². The van der Waals surface area contributed by atoms with Crippen LogP contribution < -0.4 is 4.57 Å². The molecule has 2 heterocycles. The van der Waals surface area contributed by atoms with E-state index in [1.807, 2.05) is 0 Å². The zero-order valence-corrected chi connectivity index (χ0v) is 24.1. The van der Waals surface area contributed by atoms with Crippen LogP contribution in [0.15, 0.2) is 89.5 Å². The second-order valence-electron chi connectivity index (χ2n) is 12.2. The van der Waals surface area contributed by atoms with Crippen LogP contribution in [-0.4, -0.2) is 0 Å². The van der Waals surface area contributed by atoms with Gasteiger partial charge >= 0.3 is 0 Å². The fourth-order valence-corrected chi connectivity index (χ4v) is 6.91. The Labute approximate surface area is 237 Å². The largest absolute Gasteiger partial charge is 0.454 e. The molecule has 0 N–H and O–H groups in total. The normalized spacial score (nSPS) is 14.6. The summed E-state index contributed by atoms with van der Waals surface area (Å²) in [5, 5.41) is 4.87. The Kier molecular flexibility index (Phi) is 6.23. The van der Waals surface area contributed by atoms with Crippen LogP contribution in [0.2, 0.25) is 0 Å². The molecule has 1 saturated carbocycles. The second kappa shape index (κ2) is 9.93. The highest BCUT2D eigenvalue weighted by Crippen LogP contribution is 2.42. The number of nitrogens with zero attached hydrogens (tertiary/aromatic N) is 1. The van der Waals surface area contributed by atoms with Gasteiger partial charge in [-0.1, -0.05) is 99.8 Å². The van der Waals surface area contributed by atoms with Crippen molar-refractivity contribution < 1.29 is 8.98 Å². The molecule has 200 valence electrons. The minimum Gasteiger partial charge on any atom is -0.454 e. The van der Waals surface area contributed by atoms with Gasteiger partial charge in [0.2, 0.25) is 5.69 Å². The summed E-state index contributed by atoms with van der Waals surface area (Å²) in [7, 11) is 2.14. The van der Waals surface area contributed by atoms with Gasteiger partial charge < -0.3 is 4.42 Å². The molecular weight excluding hydrogens is 486 g/mol. The minimum atomic E-state index is 0.498. The van der Waals surface area contributed by atoms with Gasteiger partial charge in [0.15, 0.2) is 6.20 Å². The number of aromatic nitrogens is 1. The summed E-state index contributed by atoms with van der Waals surface area (Å²) in [6, 6.07) is 29.5. The van der Waals surface area contributed by atoms with Crippen LogP contribution in [0.3, 0.4) is 0 Å². The van der Waals surface area contributed by atoms with E-state index in [4.69, 9.17) is 4.42 Å². The van der Waals surface area contributed by atoms with Gasteiger partial charge in [0.05, 0.1) is 10.9 Å². The molecule has 0 radical (unpaired) electrons. The van der Waals surface area contributed by atoms with Crippen LogP contribution in [0.1, 0.15) is 74.5 Å². The van der Waals surface area contributed by atoms with E-state index in [2.05, 4.69) is 117 Å². The van der Waals surface area contributed by atoms with E-state index >= 15 is 0 Å². The van der Waals surface area contributed by atoms with Gasteiger partial charge in [-0.05, 0) is 65.3 Å². The molecule has 40 heavy (non-hydrogen) atoms. The van der Waals surface area contributed by atoms with Gasteiger partial charge in [-0.2, -0.15) is 0 Å². The highest BCUT2D eigenvalue weighted by Gasteiger charge is 2.24. The molecule has 0 atom stereocenters. The maximum absolute atomic E-state index is 6.90. The van der Waals surface area contributed by atoms with Gasteiger partial charge in [0, 0.05) is 22.4 Å². The summed E-state index contributed by atoms with van der Waals surface area (Å²) in [5.74, 6) is 1.21. The Morgan fingerprint density at radius 2 is 1.52 bits per heavy atom. The van der Waals surface area contributed by atoms with Crippen LogP contribution >= 0.6 is 0 Å². The van der Waals surface area contributed by atoms with E-state index in [1.165, 1.54) is 87.2 Å². The van der Waals surface area contributed by atoms with E-state index in [0.717, 1.165) is 16.7 Å². The third kappa shape index (κ3) is 4.13. The lowest BCUT2D eigenvalue weighted by molar-refractivity contribution is -0.659. The first-order valence-corrected chi connectivity index (χ1v) is 15.0. The molecule has 1 aliphatic carbocycles. The Bertz CT molecular complexity index is 1870. The van der Waals surface area contributed by atoms with Crippen molar-refractivity contribution in [2.45, 2.75) is 64.7 Å². The van der Waals surface area contributed by atoms with Crippen LogP contribution in [0, 0.1) is 6.92 Å². The Hall–Kier alpha value is -3.91. The third-order valence-corrected chi connectivity index (χ3v) is 9.24. The lowest BCUT2D eigenvalue weighted by Gasteiger charge is -2.22. The summed E-state index contributed by atoms with van der Waals surface area (Å²) >= 11 is 0. The number of para-hydroxylation sites is 1. The number of aryl methyl sites for hydroxylation is 2. The Balaban J connectivity index is 1.41. The molecule has 0 unspecified atom stereocenters. The third-order valence-electron chi connectivity index (χ3n) is 9.24. The number of fused-ring (bicyclic) bond motifs is 4. The molecule has 0 amide bonds. The van der Waals surface area contributed by atoms with E-state index in [-0.39, 0.29) is 0 Å². The standard InChI is InChI=1S/C38H38NO/c1-24(2)29-18-20-31-30(23-29)21-22-39(4)36(31)35-25(3)13-19-34-33-12-8-11-32(37(33)40-38(34)35)28-16-14-27(15-17-28)26-9-6-5-7-10-26/h8,11-24,26H,5-7,9-10H2,1-4H3/q+1. The molecular formula is C38H38NO+. The number of furan rings is 1. The fourth-order valence-electron chi connectivity index (χ4n) is 6.91. The van der Waals surface area contributed by atoms with Crippen molar-refractivity contribution in [2.24, 2.45) is 7.05 Å². The molecule has 0 spiro atoms. The fraction of sp³-hybridized carbons (Fsp3) is 0.289. The van der Waals surface area contributed by atoms with Gasteiger partial charge in [0.25, 0.3) is 0 Å². The zero-order valence-electron chi connectivity index (χ0n) is 24.1. The topological polar surface area (TPSA) is 17.0 Å². The van der Waals surface area contributed by atoms with Crippen LogP contribution in [-0.2, 0) is 7.05 Å². The van der Waals surface area contributed by atoms with Crippen molar-refractivity contribution in [2.75, 3.05) is 0 Å². The summed E-state index contributed by atoms with van der Waals surface area (Å²) in [6.07, 6.45) is 8.94. The Morgan fingerprint density at radius 1 is 0.775 bits per heavy atom. The van der Waals surface area contributed by atoms with Gasteiger partial charge in [0.1, 0.15) is 18.2 Å². The maximum atomic E-state index is 6.90. The maximum Gasteiger partial charge on any atom is 0.224 e. The number of rotatable bonds is 4. The highest BCUT2D eigenvalue weighted by molar-refractivity contribution is 6.14. The molecule has 2 nitrogen and oxygen atoms in total. The van der Waals surface area contributed by atoms with Crippen molar-refractivity contribution >= 4 is 32.7 Å². The summed E-state index contributed by atoms with van der Waals surface area (Å²) in [5.41, 5.74) is 10.8. The molecule has 0 aliphatic heterocycles. The van der Waals surface area contributed by atoms with E-state index in [1.54, 1.807) is 0 Å². The molecule has 1 aliphatic rings. The number of hydrogen-bond donors (Lipinski definition) is 0. The van der Waals surface area contributed by atoms with Crippen molar-refractivity contribution in [3.8, 4) is 22.4 Å². The molecule has 1 fully saturated rings. The summed E-state index contributed by atoms with van der Waals surface area (Å²) in [4.78, 5) is 0. The first kappa shape index (κ1) is 25.1. The number of hydrogen-bond acceptors (Lipinski definition) is 1. The van der Waals surface area contributed by atoms with Crippen LogP contribution in [0.25, 0.3) is 55.1 Å². The summed E-state index contributed by atoms with van der Waals surface area (Å²) in [6.45, 7) is 6.71. The predicted molar refractivity (Wildman–Crippen MR) is 168 cm³/mol. The van der Waals surface area contributed by atoms with Crippen LogP contribution in [0.4, 0.5) is 0 Å². The van der Waals surface area contributed by atoms with Crippen LogP contribution in [0.5, 0.6) is 0 Å². The van der Waals surface area contributed by atoms with Crippen molar-refractivity contribution in [1.29, 1.82) is 0 Å². The summed E-state index contributed by atoms with van der Waals surface area (Å²) < 4.78 is 9.15.